The smallest absolute Gasteiger partial charge is 0.410 e. The molecule has 0 unspecified atom stereocenters. The number of nitrogens with one attached hydrogen (secondary N) is 1. The van der Waals surface area contributed by atoms with Crippen LogP contribution in [-0.4, -0.2) is 99.1 Å². The Kier molecular flexibility index (Phi) is 46.7. The van der Waals surface area contributed by atoms with Crippen LogP contribution in [-0.2, 0) is 28.5 Å². The quantitative estimate of drug-likeness (QED) is 0.0275. The molecule has 72 heavy (non-hydrogen) atoms. The van der Waals surface area contributed by atoms with Crippen LogP contribution in [0.5, 0.6) is 0 Å². The molecule has 11 heteroatoms. The summed E-state index contributed by atoms with van der Waals surface area (Å²) in [7, 11) is 3.87. The summed E-state index contributed by atoms with van der Waals surface area (Å²) in [5, 5.41) is 2.81. The van der Waals surface area contributed by atoms with Crippen LogP contribution in [0.15, 0.2) is 97.2 Å². The summed E-state index contributed by atoms with van der Waals surface area (Å²) in [6, 6.07) is 0. The molecule has 410 valence electrons. The molecule has 0 fully saturated rings. The molecule has 0 atom stereocenters. The summed E-state index contributed by atoms with van der Waals surface area (Å²) in [5.41, 5.74) is -0.639. The van der Waals surface area contributed by atoms with Crippen LogP contribution in [0.3, 0.4) is 0 Å². The highest BCUT2D eigenvalue weighted by molar-refractivity contribution is 5.70. The zero-order valence-electron chi connectivity index (χ0n) is 46.6. The van der Waals surface area contributed by atoms with Crippen molar-refractivity contribution in [2.75, 3.05) is 53.5 Å². The van der Waals surface area contributed by atoms with Gasteiger partial charge in [0.15, 0.2) is 0 Å². The van der Waals surface area contributed by atoms with Gasteiger partial charge in [-0.05, 0) is 163 Å². The highest BCUT2D eigenvalue weighted by Gasteiger charge is 2.23. The van der Waals surface area contributed by atoms with Gasteiger partial charge in [-0.1, -0.05) is 137 Å². The minimum Gasteiger partial charge on any atom is -0.466 e. The van der Waals surface area contributed by atoms with Gasteiger partial charge in [0.25, 0.3) is 0 Å². The van der Waals surface area contributed by atoms with E-state index >= 15 is 0 Å². The van der Waals surface area contributed by atoms with Crippen molar-refractivity contribution in [2.45, 2.75) is 213 Å². The number of hydrogen-bond donors (Lipinski definition) is 1. The zero-order valence-corrected chi connectivity index (χ0v) is 46.6. The Labute approximate surface area is 439 Å². The van der Waals surface area contributed by atoms with Crippen LogP contribution in [0.25, 0.3) is 0 Å². The van der Waals surface area contributed by atoms with Gasteiger partial charge in [0, 0.05) is 39.0 Å². The van der Waals surface area contributed by atoms with Gasteiger partial charge in [-0.2, -0.15) is 0 Å². The fourth-order valence-electron chi connectivity index (χ4n) is 7.00. The van der Waals surface area contributed by atoms with Crippen LogP contribution in [0.2, 0.25) is 0 Å². The second kappa shape index (κ2) is 49.9. The fraction of sp³-hybridized carbons (Fsp3) is 0.672. The molecule has 0 aliphatic rings. The van der Waals surface area contributed by atoms with E-state index in [0.29, 0.717) is 77.7 Å². The molecule has 0 spiro atoms. The van der Waals surface area contributed by atoms with Gasteiger partial charge in [-0.15, -0.1) is 0 Å². The molecule has 0 aromatic heterocycles. The normalized spacial score (nSPS) is 12.5. The van der Waals surface area contributed by atoms with Crippen molar-refractivity contribution in [3.05, 3.63) is 97.2 Å². The maximum Gasteiger partial charge on any atom is 0.410 e. The zero-order chi connectivity index (χ0) is 53.0. The first-order chi connectivity index (χ1) is 34.9. The first-order valence-electron chi connectivity index (χ1n) is 28.0. The Morgan fingerprint density at radius 2 is 0.875 bits per heavy atom. The lowest BCUT2D eigenvalue weighted by Crippen LogP contribution is -2.44. The third-order valence-corrected chi connectivity index (χ3v) is 11.2. The average Bonchev–Trinajstić information content (AvgIpc) is 3.33. The number of allylic oxidation sites excluding steroid dienone is 16. The standard InChI is InChI=1S/C61H103N3O8/c1-8-10-12-14-16-18-20-22-24-26-28-30-32-34-36-38-40-48-57(65)69-54-44-42-46-56(71-59(67)62-50-51-64(53-52-63(6)7)60(68)72-61(3,4)5)47-43-45-55-70-58(66)49-41-39-37-35-33-31-29-27-25-23-21-19-17-15-13-11-9-2/h16-19,22-25,28-31,34-37,56H,8-15,20-21,26-27,32-33,38-55H2,1-7H3,(H,62,67)/b18-16-,19-17-,24-22-,25-23-,30-28-,31-29-,36-34-,37-35-. The highest BCUT2D eigenvalue weighted by Crippen LogP contribution is 2.15. The molecule has 0 saturated heterocycles. The van der Waals surface area contributed by atoms with E-state index in [1.54, 1.807) is 4.90 Å². The summed E-state index contributed by atoms with van der Waals surface area (Å²) in [6.45, 7) is 12.1. The third-order valence-electron chi connectivity index (χ3n) is 11.2. The van der Waals surface area contributed by atoms with Crippen molar-refractivity contribution >= 4 is 24.1 Å². The largest absolute Gasteiger partial charge is 0.466 e. The molecule has 0 radical (unpaired) electrons. The fourth-order valence-corrected chi connectivity index (χ4v) is 7.00. The van der Waals surface area contributed by atoms with Crippen molar-refractivity contribution in [3.8, 4) is 0 Å². The molecule has 0 bridgehead atoms. The monoisotopic (exact) mass is 1010 g/mol. The number of esters is 2. The minimum absolute atomic E-state index is 0.200. The summed E-state index contributed by atoms with van der Waals surface area (Å²) in [5.74, 6) is -0.400. The maximum atomic E-state index is 13.0. The number of likely N-dealkylation sites (N-methyl/N-ethyl adjacent to an activating group) is 1. The number of carbonyl (C=O) groups excluding carboxylic acids is 4. The van der Waals surface area contributed by atoms with E-state index in [9.17, 15) is 19.2 Å². The molecule has 0 aliphatic carbocycles. The number of rotatable bonds is 45. The van der Waals surface area contributed by atoms with Crippen LogP contribution in [0.1, 0.15) is 202 Å². The van der Waals surface area contributed by atoms with Crippen molar-refractivity contribution in [1.29, 1.82) is 0 Å². The number of carbonyl (C=O) groups is 4. The molecule has 0 saturated carbocycles. The van der Waals surface area contributed by atoms with Gasteiger partial charge >= 0.3 is 24.1 Å². The lowest BCUT2D eigenvalue weighted by Gasteiger charge is -2.28. The molecule has 0 aliphatic heterocycles. The number of ether oxygens (including phenoxy) is 4. The molecule has 0 heterocycles. The van der Waals surface area contributed by atoms with Crippen LogP contribution in [0, 0.1) is 0 Å². The van der Waals surface area contributed by atoms with Gasteiger partial charge in [0.2, 0.25) is 0 Å². The Morgan fingerprint density at radius 1 is 0.486 bits per heavy atom. The second-order valence-corrected chi connectivity index (χ2v) is 19.6. The predicted molar refractivity (Wildman–Crippen MR) is 301 cm³/mol. The van der Waals surface area contributed by atoms with Crippen molar-refractivity contribution in [2.24, 2.45) is 0 Å². The van der Waals surface area contributed by atoms with E-state index in [-0.39, 0.29) is 31.1 Å². The first kappa shape index (κ1) is 67.4. The summed E-state index contributed by atoms with van der Waals surface area (Å²) < 4.78 is 22.5. The molecule has 1 N–H and O–H groups in total. The van der Waals surface area contributed by atoms with Crippen molar-refractivity contribution in [3.63, 3.8) is 0 Å². The SMILES string of the molecule is CCCCC/C=C\C/C=C\C/C=C\C/C=C\CCCC(=O)OCCCCC(CCCCOC(=O)CCC/C=C\C/C=C\C/C=C\C/C=C\CCCCC)OC(=O)NCCN(CCN(C)C)C(=O)OC(C)(C)C. The Balaban J connectivity index is 4.72. The lowest BCUT2D eigenvalue weighted by molar-refractivity contribution is -0.144. The van der Waals surface area contributed by atoms with Gasteiger partial charge in [0.1, 0.15) is 11.7 Å². The molecule has 0 aromatic carbocycles. The van der Waals surface area contributed by atoms with Crippen LogP contribution in [0.4, 0.5) is 9.59 Å². The molecule has 0 aromatic rings. The van der Waals surface area contributed by atoms with E-state index in [4.69, 9.17) is 18.9 Å². The number of amides is 2. The van der Waals surface area contributed by atoms with Gasteiger partial charge < -0.3 is 34.1 Å². The summed E-state index contributed by atoms with van der Waals surface area (Å²) in [6.07, 6.45) is 57.3. The van der Waals surface area contributed by atoms with Crippen molar-refractivity contribution in [1.82, 2.24) is 15.1 Å². The molecular formula is C61H103N3O8. The van der Waals surface area contributed by atoms with E-state index in [1.807, 2.05) is 39.8 Å². The Hall–Kier alpha value is -4.64. The van der Waals surface area contributed by atoms with Gasteiger partial charge in [-0.3, -0.25) is 9.59 Å². The molecule has 11 nitrogen and oxygen atoms in total. The van der Waals surface area contributed by atoms with E-state index in [0.717, 1.165) is 64.2 Å². The number of unbranched alkanes of at least 4 members (excludes halogenated alkanes) is 10. The summed E-state index contributed by atoms with van der Waals surface area (Å²) in [4.78, 5) is 54.2. The minimum atomic E-state index is -0.639. The molecule has 2 amide bonds. The van der Waals surface area contributed by atoms with E-state index in [2.05, 4.69) is 116 Å². The number of hydrogen-bond acceptors (Lipinski definition) is 9. The summed E-state index contributed by atoms with van der Waals surface area (Å²) >= 11 is 0. The molecule has 0 rings (SSSR count). The number of nitrogens with zero attached hydrogens (tertiary/aromatic N) is 2. The predicted octanol–water partition coefficient (Wildman–Crippen LogP) is 15.6. The van der Waals surface area contributed by atoms with E-state index < -0.39 is 17.8 Å². The molecular weight excluding hydrogens is 903 g/mol. The third kappa shape index (κ3) is 50.3. The number of alkyl carbamates (subject to hydrolysis) is 1. The van der Waals surface area contributed by atoms with Crippen LogP contribution < -0.4 is 5.32 Å². The maximum absolute atomic E-state index is 13.0. The van der Waals surface area contributed by atoms with E-state index in [1.165, 1.54) is 51.4 Å². The highest BCUT2D eigenvalue weighted by atomic mass is 16.6. The van der Waals surface area contributed by atoms with Crippen LogP contribution >= 0.6 is 0 Å². The first-order valence-corrected chi connectivity index (χ1v) is 28.0. The Bertz CT molecular complexity index is 1500. The topological polar surface area (TPSA) is 124 Å². The van der Waals surface area contributed by atoms with Gasteiger partial charge in [0.05, 0.1) is 13.2 Å². The average molecular weight is 1010 g/mol. The lowest BCUT2D eigenvalue weighted by atomic mass is 10.1. The second-order valence-electron chi connectivity index (χ2n) is 19.6. The van der Waals surface area contributed by atoms with Gasteiger partial charge in [-0.25, -0.2) is 9.59 Å². The Morgan fingerprint density at radius 3 is 1.25 bits per heavy atom. The van der Waals surface area contributed by atoms with Crippen molar-refractivity contribution < 1.29 is 38.1 Å².